The summed E-state index contributed by atoms with van der Waals surface area (Å²) < 4.78 is 0. The number of hydrogen-bond acceptors (Lipinski definition) is 4. The normalized spacial score (nSPS) is 11.2. The molecule has 0 atom stereocenters. The van der Waals surface area contributed by atoms with Crippen LogP contribution in [0.3, 0.4) is 0 Å². The van der Waals surface area contributed by atoms with Gasteiger partial charge in [-0.1, -0.05) is 146 Å². The van der Waals surface area contributed by atoms with Crippen LogP contribution in [0.4, 0.5) is 0 Å². The van der Waals surface area contributed by atoms with Gasteiger partial charge in [-0.25, -0.2) is 9.97 Å². The average Bonchev–Trinajstić information content (AvgIpc) is 3.21. The summed E-state index contributed by atoms with van der Waals surface area (Å²) in [7, 11) is 0. The van der Waals surface area contributed by atoms with E-state index < -0.39 is 0 Å². The molecule has 4 heteroatoms. The van der Waals surface area contributed by atoms with Gasteiger partial charge in [-0.15, -0.1) is 0 Å². The Kier molecular flexibility index (Phi) is 7.45. The monoisotopic (exact) mass is 638 g/mol. The smallest absolute Gasteiger partial charge is 0.160 e. The number of aromatic nitrogens is 4. The quantitative estimate of drug-likeness (QED) is 0.170. The molecule has 3 aromatic heterocycles. The van der Waals surface area contributed by atoms with E-state index in [4.69, 9.17) is 15.0 Å². The number of benzene rings is 6. The topological polar surface area (TPSA) is 51.6 Å². The summed E-state index contributed by atoms with van der Waals surface area (Å²) in [5.41, 5.74) is 13.5. The maximum atomic E-state index is 5.11. The summed E-state index contributed by atoms with van der Waals surface area (Å²) >= 11 is 0. The van der Waals surface area contributed by atoms with Crippen molar-refractivity contribution < 1.29 is 0 Å². The van der Waals surface area contributed by atoms with Crippen LogP contribution in [0.2, 0.25) is 0 Å². The Bertz CT molecular complexity index is 2630. The zero-order chi connectivity index (χ0) is 33.3. The predicted octanol–water partition coefficient (Wildman–Crippen LogP) is 11.6. The van der Waals surface area contributed by atoms with Gasteiger partial charge in [0.05, 0.1) is 22.4 Å². The SMILES string of the molecule is c1ccc(-c2nc(-c3ccc(-c4cccc(-c5ccnc6c5ccc5cccnc56)c4)cc3)cc(-c3ccccc3-c3ccccc3)n2)cc1. The molecule has 50 heavy (non-hydrogen) atoms. The maximum Gasteiger partial charge on any atom is 0.160 e. The second-order valence-corrected chi connectivity index (χ2v) is 12.3. The van der Waals surface area contributed by atoms with Crippen molar-refractivity contribution in [3.8, 4) is 67.3 Å². The molecule has 3 heterocycles. The molecule has 0 saturated heterocycles. The fraction of sp³-hybridized carbons (Fsp3) is 0. The first-order chi connectivity index (χ1) is 24.8. The van der Waals surface area contributed by atoms with E-state index in [1.54, 1.807) is 0 Å². The highest BCUT2D eigenvalue weighted by molar-refractivity contribution is 6.08. The molecular weight excluding hydrogens is 609 g/mol. The first-order valence-electron chi connectivity index (χ1n) is 16.7. The molecule has 6 aromatic carbocycles. The minimum absolute atomic E-state index is 0.699. The highest BCUT2D eigenvalue weighted by atomic mass is 14.9. The van der Waals surface area contributed by atoms with Crippen LogP contribution in [-0.2, 0) is 0 Å². The Hall–Kier alpha value is -6.78. The number of rotatable bonds is 6. The predicted molar refractivity (Wildman–Crippen MR) is 205 cm³/mol. The second kappa shape index (κ2) is 12.7. The Labute approximate surface area is 290 Å². The molecule has 0 saturated carbocycles. The first kappa shape index (κ1) is 29.4. The van der Waals surface area contributed by atoms with E-state index in [9.17, 15) is 0 Å². The van der Waals surface area contributed by atoms with Crippen LogP contribution in [0.5, 0.6) is 0 Å². The van der Waals surface area contributed by atoms with Crippen molar-refractivity contribution in [2.45, 2.75) is 0 Å². The Morgan fingerprint density at radius 3 is 1.80 bits per heavy atom. The molecule has 0 radical (unpaired) electrons. The molecule has 9 aromatic rings. The lowest BCUT2D eigenvalue weighted by Crippen LogP contribution is -1.97. The lowest BCUT2D eigenvalue weighted by atomic mass is 9.95. The Morgan fingerprint density at radius 1 is 0.320 bits per heavy atom. The van der Waals surface area contributed by atoms with E-state index in [-0.39, 0.29) is 0 Å². The van der Waals surface area contributed by atoms with Crippen molar-refractivity contribution in [2.24, 2.45) is 0 Å². The van der Waals surface area contributed by atoms with E-state index in [0.717, 1.165) is 83.3 Å². The highest BCUT2D eigenvalue weighted by Gasteiger charge is 2.15. The zero-order valence-corrected chi connectivity index (χ0v) is 27.1. The molecule has 4 nitrogen and oxygen atoms in total. The van der Waals surface area contributed by atoms with Crippen molar-refractivity contribution in [1.29, 1.82) is 0 Å². The van der Waals surface area contributed by atoms with Crippen molar-refractivity contribution >= 4 is 21.8 Å². The summed E-state index contributed by atoms with van der Waals surface area (Å²) in [5.74, 6) is 0.699. The molecule has 0 N–H and O–H groups in total. The van der Waals surface area contributed by atoms with Crippen molar-refractivity contribution in [1.82, 2.24) is 19.9 Å². The number of fused-ring (bicyclic) bond motifs is 3. The maximum absolute atomic E-state index is 5.11. The molecule has 9 rings (SSSR count). The summed E-state index contributed by atoms with van der Waals surface area (Å²) in [4.78, 5) is 19.5. The minimum Gasteiger partial charge on any atom is -0.254 e. The molecule has 0 aliphatic carbocycles. The largest absolute Gasteiger partial charge is 0.254 e. The summed E-state index contributed by atoms with van der Waals surface area (Å²) in [6, 6.07) is 59.0. The molecule has 0 bridgehead atoms. The highest BCUT2D eigenvalue weighted by Crippen LogP contribution is 2.36. The van der Waals surface area contributed by atoms with Crippen molar-refractivity contribution in [3.05, 3.63) is 182 Å². The molecule has 0 spiro atoms. The van der Waals surface area contributed by atoms with Gasteiger partial charge in [0.15, 0.2) is 5.82 Å². The molecule has 0 aliphatic heterocycles. The molecule has 234 valence electrons. The van der Waals surface area contributed by atoms with Crippen LogP contribution < -0.4 is 0 Å². The third-order valence-corrected chi connectivity index (χ3v) is 9.22. The number of pyridine rings is 2. The van der Waals surface area contributed by atoms with E-state index in [1.807, 2.05) is 42.7 Å². The van der Waals surface area contributed by atoms with Gasteiger partial charge in [-0.2, -0.15) is 0 Å². The van der Waals surface area contributed by atoms with E-state index >= 15 is 0 Å². The molecule has 0 aliphatic rings. The third-order valence-electron chi connectivity index (χ3n) is 9.22. The first-order valence-corrected chi connectivity index (χ1v) is 16.7. The van der Waals surface area contributed by atoms with Crippen LogP contribution in [0.1, 0.15) is 0 Å². The minimum atomic E-state index is 0.699. The lowest BCUT2D eigenvalue weighted by Gasteiger charge is -2.13. The van der Waals surface area contributed by atoms with E-state index in [2.05, 4.69) is 145 Å². The average molecular weight is 639 g/mol. The van der Waals surface area contributed by atoms with Gasteiger partial charge < -0.3 is 0 Å². The third kappa shape index (κ3) is 5.49. The van der Waals surface area contributed by atoms with Gasteiger partial charge in [-0.05, 0) is 57.6 Å². The number of hydrogen-bond donors (Lipinski definition) is 0. The molecular formula is C46H30N4. The number of nitrogens with zero attached hydrogens (tertiary/aromatic N) is 4. The zero-order valence-electron chi connectivity index (χ0n) is 27.1. The van der Waals surface area contributed by atoms with Crippen LogP contribution in [0.15, 0.2) is 182 Å². The van der Waals surface area contributed by atoms with Gasteiger partial charge in [0.2, 0.25) is 0 Å². The van der Waals surface area contributed by atoms with Gasteiger partial charge in [0, 0.05) is 39.9 Å². The van der Waals surface area contributed by atoms with Crippen LogP contribution in [0.25, 0.3) is 89.1 Å². The Morgan fingerprint density at radius 2 is 0.980 bits per heavy atom. The van der Waals surface area contributed by atoms with Crippen molar-refractivity contribution in [3.63, 3.8) is 0 Å². The molecule has 0 fully saturated rings. The van der Waals surface area contributed by atoms with Gasteiger partial charge in [-0.3, -0.25) is 9.97 Å². The fourth-order valence-corrected chi connectivity index (χ4v) is 6.73. The summed E-state index contributed by atoms with van der Waals surface area (Å²) in [5, 5.41) is 2.18. The van der Waals surface area contributed by atoms with Gasteiger partial charge >= 0.3 is 0 Å². The standard InChI is InChI=1S/C46H30N4/c1-3-11-32(12-4-1)38-18-7-8-19-40(38)43-30-42(49-46(50-43)35-13-5-2-6-14-35)33-22-20-31(21-23-33)36-15-9-16-37(29-36)39-26-28-48-45-41(39)25-24-34-17-10-27-47-44(34)45/h1-30H. The second-order valence-electron chi connectivity index (χ2n) is 12.3. The fourth-order valence-electron chi connectivity index (χ4n) is 6.73. The summed E-state index contributed by atoms with van der Waals surface area (Å²) in [6.45, 7) is 0. The van der Waals surface area contributed by atoms with Gasteiger partial charge in [0.1, 0.15) is 0 Å². The van der Waals surface area contributed by atoms with Gasteiger partial charge in [0.25, 0.3) is 0 Å². The van der Waals surface area contributed by atoms with Crippen LogP contribution in [-0.4, -0.2) is 19.9 Å². The molecule has 0 unspecified atom stereocenters. The van der Waals surface area contributed by atoms with Crippen LogP contribution in [0, 0.1) is 0 Å². The van der Waals surface area contributed by atoms with Crippen molar-refractivity contribution in [2.75, 3.05) is 0 Å². The van der Waals surface area contributed by atoms with E-state index in [1.165, 1.54) is 0 Å². The van der Waals surface area contributed by atoms with Crippen LogP contribution >= 0.6 is 0 Å². The van der Waals surface area contributed by atoms with E-state index in [0.29, 0.717) is 5.82 Å². The lowest BCUT2D eigenvalue weighted by molar-refractivity contribution is 1.18. The Balaban J connectivity index is 1.11. The molecule has 0 amide bonds. The summed E-state index contributed by atoms with van der Waals surface area (Å²) in [6.07, 6.45) is 3.71.